The van der Waals surface area contributed by atoms with Crippen molar-refractivity contribution in [2.45, 2.75) is 49.9 Å². The minimum absolute atomic E-state index is 0.291. The number of nitrogen functional groups attached to an aromatic ring is 1. The van der Waals surface area contributed by atoms with E-state index < -0.39 is 21.2 Å². The number of aliphatic hydroxyl groups excluding tert-OH is 1. The molecule has 0 spiro atoms. The van der Waals surface area contributed by atoms with E-state index in [4.69, 9.17) is 5.73 Å². The van der Waals surface area contributed by atoms with Crippen molar-refractivity contribution >= 4 is 15.7 Å². The van der Waals surface area contributed by atoms with Crippen LogP contribution in [-0.4, -0.2) is 34.8 Å². The first-order valence-corrected chi connectivity index (χ1v) is 9.40. The van der Waals surface area contributed by atoms with E-state index in [1.54, 1.807) is 51.2 Å². The van der Waals surface area contributed by atoms with E-state index in [1.807, 2.05) is 0 Å². The molecule has 0 saturated heterocycles. The molecule has 0 aliphatic rings. The Morgan fingerprint density at radius 2 is 1.79 bits per heavy atom. The lowest BCUT2D eigenvalue weighted by atomic mass is 10.1. The summed E-state index contributed by atoms with van der Waals surface area (Å²) in [6, 6.07) is 6.60. The molecule has 130 valence electrons. The molecule has 3 N–H and O–H groups in total. The molecule has 7 heteroatoms. The minimum atomic E-state index is -3.29. The summed E-state index contributed by atoms with van der Waals surface area (Å²) < 4.78 is 24.3. The van der Waals surface area contributed by atoms with Crippen molar-refractivity contribution in [2.75, 3.05) is 5.73 Å². The molecular formula is C17H23N3O3S. The highest BCUT2D eigenvalue weighted by molar-refractivity contribution is 7.92. The molecule has 0 aliphatic heterocycles. The normalized spacial score (nSPS) is 13.2. The van der Waals surface area contributed by atoms with Crippen molar-refractivity contribution in [1.29, 1.82) is 0 Å². The molecule has 0 aliphatic carbocycles. The van der Waals surface area contributed by atoms with Crippen molar-refractivity contribution in [3.05, 3.63) is 36.2 Å². The van der Waals surface area contributed by atoms with Crippen LogP contribution >= 0.6 is 0 Å². The van der Waals surface area contributed by atoms with Crippen LogP contribution in [0.4, 0.5) is 5.82 Å². The number of aliphatic hydroxyl groups is 1. The summed E-state index contributed by atoms with van der Waals surface area (Å²) >= 11 is 0. The molecule has 6 nitrogen and oxygen atoms in total. The smallest absolute Gasteiger partial charge is 0.180 e. The van der Waals surface area contributed by atoms with Gasteiger partial charge in [-0.1, -0.05) is 12.1 Å². The largest absolute Gasteiger partial charge is 0.393 e. The Morgan fingerprint density at radius 3 is 2.33 bits per heavy atom. The summed E-state index contributed by atoms with van der Waals surface area (Å²) in [5, 5.41) is 8.93. The maximum atomic E-state index is 12.2. The number of aromatic nitrogens is 2. The Morgan fingerprint density at radius 1 is 1.17 bits per heavy atom. The molecule has 0 saturated carbocycles. The van der Waals surface area contributed by atoms with Gasteiger partial charge in [-0.3, -0.25) is 0 Å². The number of hydrogen-bond donors (Lipinski definition) is 2. The summed E-state index contributed by atoms with van der Waals surface area (Å²) in [7, 11) is -3.29. The third-order valence-electron chi connectivity index (χ3n) is 3.78. The number of sulfone groups is 1. The average molecular weight is 349 g/mol. The zero-order chi connectivity index (χ0) is 17.9. The van der Waals surface area contributed by atoms with Crippen LogP contribution in [0.15, 0.2) is 35.4 Å². The number of rotatable bonds is 6. The van der Waals surface area contributed by atoms with Crippen LogP contribution in [0.2, 0.25) is 0 Å². The van der Waals surface area contributed by atoms with Gasteiger partial charge in [-0.05, 0) is 45.7 Å². The van der Waals surface area contributed by atoms with Crippen molar-refractivity contribution in [3.8, 4) is 11.3 Å². The van der Waals surface area contributed by atoms with Gasteiger partial charge in [-0.15, -0.1) is 0 Å². The number of anilines is 1. The van der Waals surface area contributed by atoms with E-state index >= 15 is 0 Å². The van der Waals surface area contributed by atoms with Crippen LogP contribution < -0.4 is 5.73 Å². The van der Waals surface area contributed by atoms with Gasteiger partial charge in [0.1, 0.15) is 5.82 Å². The van der Waals surface area contributed by atoms with Gasteiger partial charge >= 0.3 is 0 Å². The maximum absolute atomic E-state index is 12.2. The molecule has 2 aromatic rings. The van der Waals surface area contributed by atoms with Gasteiger partial charge in [0.25, 0.3) is 0 Å². The van der Waals surface area contributed by atoms with E-state index in [2.05, 4.69) is 9.97 Å². The molecule has 1 atom stereocenters. The van der Waals surface area contributed by atoms with E-state index in [0.29, 0.717) is 34.9 Å². The average Bonchev–Trinajstić information content (AvgIpc) is 2.54. The summed E-state index contributed by atoms with van der Waals surface area (Å²) in [6.45, 7) is 5.02. The van der Waals surface area contributed by atoms with E-state index in [1.165, 1.54) is 0 Å². The van der Waals surface area contributed by atoms with Crippen LogP contribution in [0, 0.1) is 0 Å². The topological polar surface area (TPSA) is 106 Å². The van der Waals surface area contributed by atoms with Gasteiger partial charge in [0.2, 0.25) is 0 Å². The Kier molecular flexibility index (Phi) is 5.56. The molecule has 1 aromatic heterocycles. The summed E-state index contributed by atoms with van der Waals surface area (Å²) in [5.41, 5.74) is 7.86. The second kappa shape index (κ2) is 7.27. The highest BCUT2D eigenvalue weighted by atomic mass is 32.2. The lowest BCUT2D eigenvalue weighted by Crippen LogP contribution is -2.13. The zero-order valence-corrected chi connectivity index (χ0v) is 14.9. The highest BCUT2D eigenvalue weighted by Gasteiger charge is 2.19. The third kappa shape index (κ3) is 4.10. The molecule has 1 heterocycles. The lowest BCUT2D eigenvalue weighted by molar-refractivity contribution is 0.184. The number of benzene rings is 1. The van der Waals surface area contributed by atoms with E-state index in [9.17, 15) is 13.5 Å². The van der Waals surface area contributed by atoms with Crippen LogP contribution in [0.3, 0.4) is 0 Å². The zero-order valence-electron chi connectivity index (χ0n) is 14.1. The van der Waals surface area contributed by atoms with Crippen molar-refractivity contribution in [2.24, 2.45) is 0 Å². The second-order valence-corrected chi connectivity index (χ2v) is 8.60. The van der Waals surface area contributed by atoms with Crippen LogP contribution in [0.1, 0.15) is 32.9 Å². The number of nitrogens with zero attached hydrogens (tertiary/aromatic N) is 2. The summed E-state index contributed by atoms with van der Waals surface area (Å²) in [4.78, 5) is 8.93. The first kappa shape index (κ1) is 18.4. The van der Waals surface area contributed by atoms with Crippen molar-refractivity contribution in [1.82, 2.24) is 9.97 Å². The SMILES string of the molecule is CC(C)S(=O)(=O)c1ccc(-c2cnc(N)c(CC[C@H](C)O)n2)cc1. The predicted molar refractivity (Wildman–Crippen MR) is 94.2 cm³/mol. The summed E-state index contributed by atoms with van der Waals surface area (Å²) in [6.07, 6.45) is 2.21. The first-order valence-electron chi connectivity index (χ1n) is 7.85. The highest BCUT2D eigenvalue weighted by Crippen LogP contribution is 2.23. The van der Waals surface area contributed by atoms with Gasteiger partial charge in [0.05, 0.1) is 33.8 Å². The fourth-order valence-corrected chi connectivity index (χ4v) is 3.25. The number of aryl methyl sites for hydroxylation is 1. The predicted octanol–water partition coefficient (Wildman–Crippen LogP) is 2.22. The standard InChI is InChI=1S/C17H23N3O3S/c1-11(2)24(22,23)14-7-5-13(6-8-14)16-10-19-17(18)15(20-16)9-4-12(3)21/h5-8,10-12,21H,4,9H2,1-3H3,(H2,18,19)/t12-/m0/s1. The van der Waals surface area contributed by atoms with Crippen LogP contribution in [0.25, 0.3) is 11.3 Å². The lowest BCUT2D eigenvalue weighted by Gasteiger charge is -2.10. The van der Waals surface area contributed by atoms with E-state index in [-0.39, 0.29) is 0 Å². The van der Waals surface area contributed by atoms with Gasteiger partial charge in [-0.2, -0.15) is 0 Å². The van der Waals surface area contributed by atoms with Gasteiger partial charge in [0.15, 0.2) is 9.84 Å². The number of hydrogen-bond acceptors (Lipinski definition) is 6. The molecule has 0 fully saturated rings. The van der Waals surface area contributed by atoms with Gasteiger partial charge in [-0.25, -0.2) is 18.4 Å². The van der Waals surface area contributed by atoms with Crippen molar-refractivity contribution < 1.29 is 13.5 Å². The Labute approximate surface area is 142 Å². The van der Waals surface area contributed by atoms with Gasteiger partial charge < -0.3 is 10.8 Å². The molecule has 1 aromatic carbocycles. The number of nitrogens with two attached hydrogens (primary N) is 1. The van der Waals surface area contributed by atoms with Crippen LogP contribution in [-0.2, 0) is 16.3 Å². The molecule has 0 radical (unpaired) electrons. The Balaban J connectivity index is 2.31. The monoisotopic (exact) mass is 349 g/mol. The fourth-order valence-electron chi connectivity index (χ4n) is 2.19. The molecular weight excluding hydrogens is 326 g/mol. The van der Waals surface area contributed by atoms with Crippen LogP contribution in [0.5, 0.6) is 0 Å². The Bertz CT molecular complexity index is 800. The fraction of sp³-hybridized carbons (Fsp3) is 0.412. The van der Waals surface area contributed by atoms with E-state index in [0.717, 1.165) is 5.56 Å². The molecule has 2 rings (SSSR count). The molecule has 0 bridgehead atoms. The van der Waals surface area contributed by atoms with Crippen molar-refractivity contribution in [3.63, 3.8) is 0 Å². The quantitative estimate of drug-likeness (QED) is 0.828. The van der Waals surface area contributed by atoms with Gasteiger partial charge in [0, 0.05) is 5.56 Å². The Hall–Kier alpha value is -1.99. The molecule has 24 heavy (non-hydrogen) atoms. The molecule has 0 unspecified atom stereocenters. The maximum Gasteiger partial charge on any atom is 0.180 e. The summed E-state index contributed by atoms with van der Waals surface area (Å²) in [5.74, 6) is 0.346. The minimum Gasteiger partial charge on any atom is -0.393 e. The first-order chi connectivity index (χ1) is 11.2. The molecule has 0 amide bonds. The third-order valence-corrected chi connectivity index (χ3v) is 5.95. The second-order valence-electron chi connectivity index (χ2n) is 6.09.